The Kier molecular flexibility index (Phi) is 5.25. The van der Waals surface area contributed by atoms with Gasteiger partial charge in [-0.05, 0) is 18.2 Å². The first-order valence-electron chi connectivity index (χ1n) is 7.76. The number of thioether (sulfide) groups is 1. The summed E-state index contributed by atoms with van der Waals surface area (Å²) < 4.78 is 11.0. The number of carbonyl (C=O) groups excluding carboxylic acids is 1. The maximum atomic E-state index is 12.5. The van der Waals surface area contributed by atoms with E-state index >= 15 is 0 Å². The van der Waals surface area contributed by atoms with Gasteiger partial charge in [0.15, 0.2) is 11.5 Å². The molecule has 126 valence electrons. The third kappa shape index (κ3) is 3.33. The number of ether oxygens (including phenoxy) is 2. The Morgan fingerprint density at radius 3 is 2.79 bits per heavy atom. The van der Waals surface area contributed by atoms with Crippen molar-refractivity contribution in [2.24, 2.45) is 0 Å². The fourth-order valence-electron chi connectivity index (χ4n) is 2.82. The smallest absolute Gasteiger partial charge is 0.224 e. The highest BCUT2D eigenvalue weighted by Crippen LogP contribution is 2.44. The van der Waals surface area contributed by atoms with Crippen molar-refractivity contribution in [2.45, 2.75) is 18.3 Å². The molecular weight excluding hydrogens is 324 g/mol. The van der Waals surface area contributed by atoms with Crippen LogP contribution in [0.4, 0.5) is 0 Å². The second-order valence-electron chi connectivity index (χ2n) is 5.40. The van der Waals surface area contributed by atoms with Gasteiger partial charge >= 0.3 is 0 Å². The van der Waals surface area contributed by atoms with E-state index in [0.717, 1.165) is 17.0 Å². The average Bonchev–Trinajstić information content (AvgIpc) is 2.63. The molecule has 1 amide bonds. The summed E-state index contributed by atoms with van der Waals surface area (Å²) in [7, 11) is 3.24. The molecule has 6 heteroatoms. The molecule has 1 aliphatic heterocycles. The molecule has 1 aliphatic rings. The molecule has 5 nitrogen and oxygen atoms in total. The molecule has 0 radical (unpaired) electrons. The largest absolute Gasteiger partial charge is 0.493 e. The van der Waals surface area contributed by atoms with Crippen molar-refractivity contribution in [1.29, 1.82) is 0 Å². The molecule has 0 spiro atoms. The fraction of sp³-hybridized carbons (Fsp3) is 0.333. The van der Waals surface area contributed by atoms with Gasteiger partial charge in [0.1, 0.15) is 5.37 Å². The molecule has 2 heterocycles. The van der Waals surface area contributed by atoms with Crippen molar-refractivity contribution in [3.8, 4) is 11.5 Å². The summed E-state index contributed by atoms with van der Waals surface area (Å²) in [5, 5.41) is -0.113. The molecule has 0 saturated carbocycles. The number of aromatic nitrogens is 1. The number of benzene rings is 1. The second-order valence-corrected chi connectivity index (χ2v) is 6.59. The van der Waals surface area contributed by atoms with Gasteiger partial charge in [-0.15, -0.1) is 11.8 Å². The Labute approximate surface area is 146 Å². The number of hydrogen-bond donors (Lipinski definition) is 0. The van der Waals surface area contributed by atoms with Crippen LogP contribution in [0.25, 0.3) is 0 Å². The topological polar surface area (TPSA) is 51.7 Å². The van der Waals surface area contributed by atoms with E-state index in [1.807, 2.05) is 41.3 Å². The van der Waals surface area contributed by atoms with Gasteiger partial charge in [-0.3, -0.25) is 9.78 Å². The molecule has 1 aromatic heterocycles. The van der Waals surface area contributed by atoms with E-state index in [0.29, 0.717) is 24.5 Å². The van der Waals surface area contributed by atoms with Crippen molar-refractivity contribution in [2.75, 3.05) is 20.0 Å². The monoisotopic (exact) mass is 344 g/mol. The summed E-state index contributed by atoms with van der Waals surface area (Å²) in [5.41, 5.74) is 1.83. The van der Waals surface area contributed by atoms with E-state index in [-0.39, 0.29) is 11.3 Å². The highest BCUT2D eigenvalue weighted by molar-refractivity contribution is 7.99. The van der Waals surface area contributed by atoms with Crippen LogP contribution in [0.5, 0.6) is 11.5 Å². The van der Waals surface area contributed by atoms with Gasteiger partial charge in [0.25, 0.3) is 0 Å². The van der Waals surface area contributed by atoms with Crippen LogP contribution in [0.1, 0.15) is 23.1 Å². The number of hydrogen-bond acceptors (Lipinski definition) is 5. The van der Waals surface area contributed by atoms with Gasteiger partial charge in [0, 0.05) is 23.9 Å². The maximum Gasteiger partial charge on any atom is 0.224 e. The zero-order valence-electron chi connectivity index (χ0n) is 13.8. The van der Waals surface area contributed by atoms with Gasteiger partial charge in [0.2, 0.25) is 5.91 Å². The predicted octanol–water partition coefficient (Wildman–Crippen LogP) is 3.26. The van der Waals surface area contributed by atoms with E-state index in [1.165, 1.54) is 0 Å². The first kappa shape index (κ1) is 16.6. The van der Waals surface area contributed by atoms with Crippen molar-refractivity contribution >= 4 is 17.7 Å². The standard InChI is InChI=1S/C18H20N2O3S/c1-22-15-8-5-7-14(17(15)23-2)18-20(16(21)9-11-24-18)12-13-6-3-4-10-19-13/h3-8,10,18H,9,11-12H2,1-2H3. The fourth-order valence-corrected chi connectivity index (χ4v) is 4.08. The van der Waals surface area contributed by atoms with Crippen molar-refractivity contribution < 1.29 is 14.3 Å². The van der Waals surface area contributed by atoms with Gasteiger partial charge in [-0.1, -0.05) is 18.2 Å². The Morgan fingerprint density at radius 2 is 2.08 bits per heavy atom. The van der Waals surface area contributed by atoms with Crippen LogP contribution in [-0.2, 0) is 11.3 Å². The first-order chi connectivity index (χ1) is 11.7. The number of rotatable bonds is 5. The molecule has 24 heavy (non-hydrogen) atoms. The Bertz CT molecular complexity index is 709. The minimum Gasteiger partial charge on any atom is -0.493 e. The Balaban J connectivity index is 1.96. The summed E-state index contributed by atoms with van der Waals surface area (Å²) in [6.07, 6.45) is 2.29. The lowest BCUT2D eigenvalue weighted by Gasteiger charge is -2.36. The lowest BCUT2D eigenvalue weighted by Crippen LogP contribution is -2.37. The minimum atomic E-state index is -0.113. The molecular formula is C18H20N2O3S. The number of methoxy groups -OCH3 is 2. The average molecular weight is 344 g/mol. The third-order valence-electron chi connectivity index (χ3n) is 3.95. The van der Waals surface area contributed by atoms with Crippen molar-refractivity contribution in [3.63, 3.8) is 0 Å². The molecule has 1 aromatic carbocycles. The van der Waals surface area contributed by atoms with Gasteiger partial charge < -0.3 is 14.4 Å². The SMILES string of the molecule is COc1cccc(C2SCCC(=O)N2Cc2ccccn2)c1OC. The predicted molar refractivity (Wildman–Crippen MR) is 94.1 cm³/mol. The lowest BCUT2D eigenvalue weighted by molar-refractivity contribution is -0.132. The summed E-state index contributed by atoms with van der Waals surface area (Å²) in [6, 6.07) is 11.5. The zero-order chi connectivity index (χ0) is 16.9. The number of amides is 1. The quantitative estimate of drug-likeness (QED) is 0.833. The molecule has 0 N–H and O–H groups in total. The van der Waals surface area contributed by atoms with E-state index in [2.05, 4.69) is 4.98 Å². The van der Waals surface area contributed by atoms with Crippen molar-refractivity contribution in [3.05, 3.63) is 53.9 Å². The van der Waals surface area contributed by atoms with Gasteiger partial charge in [0.05, 0.1) is 26.5 Å². The van der Waals surface area contributed by atoms with Crippen LogP contribution in [0.2, 0.25) is 0 Å². The molecule has 3 rings (SSSR count). The van der Waals surface area contributed by atoms with Crippen LogP contribution < -0.4 is 9.47 Å². The second kappa shape index (κ2) is 7.57. The molecule has 1 fully saturated rings. The van der Waals surface area contributed by atoms with Gasteiger partial charge in [-0.2, -0.15) is 0 Å². The van der Waals surface area contributed by atoms with E-state index in [1.54, 1.807) is 32.2 Å². The molecule has 0 aliphatic carbocycles. The van der Waals surface area contributed by atoms with E-state index in [9.17, 15) is 4.79 Å². The highest BCUT2D eigenvalue weighted by atomic mass is 32.2. The van der Waals surface area contributed by atoms with Gasteiger partial charge in [-0.25, -0.2) is 0 Å². The summed E-state index contributed by atoms with van der Waals surface area (Å²) in [6.45, 7) is 0.484. The highest BCUT2D eigenvalue weighted by Gasteiger charge is 2.32. The molecule has 0 bridgehead atoms. The number of nitrogens with zero attached hydrogens (tertiary/aromatic N) is 2. The maximum absolute atomic E-state index is 12.5. The molecule has 1 atom stereocenters. The summed E-state index contributed by atoms with van der Waals surface area (Å²) >= 11 is 1.74. The van der Waals surface area contributed by atoms with Crippen LogP contribution in [0, 0.1) is 0 Å². The van der Waals surface area contributed by atoms with Crippen LogP contribution in [-0.4, -0.2) is 35.8 Å². The number of para-hydroxylation sites is 1. The van der Waals surface area contributed by atoms with Crippen LogP contribution in [0.15, 0.2) is 42.6 Å². The number of carbonyl (C=O) groups is 1. The summed E-state index contributed by atoms with van der Waals surface area (Å²) in [5.74, 6) is 2.28. The molecule has 2 aromatic rings. The molecule has 1 unspecified atom stereocenters. The van der Waals surface area contributed by atoms with Crippen LogP contribution >= 0.6 is 11.8 Å². The van der Waals surface area contributed by atoms with E-state index < -0.39 is 0 Å². The first-order valence-corrected chi connectivity index (χ1v) is 8.81. The summed E-state index contributed by atoms with van der Waals surface area (Å²) in [4.78, 5) is 18.8. The zero-order valence-corrected chi connectivity index (χ0v) is 14.6. The van der Waals surface area contributed by atoms with Crippen molar-refractivity contribution in [1.82, 2.24) is 9.88 Å². The normalized spacial score (nSPS) is 17.7. The molecule has 1 saturated heterocycles. The van der Waals surface area contributed by atoms with Crippen LogP contribution in [0.3, 0.4) is 0 Å². The Hall–Kier alpha value is -2.21. The Morgan fingerprint density at radius 1 is 1.21 bits per heavy atom. The lowest BCUT2D eigenvalue weighted by atomic mass is 10.1. The third-order valence-corrected chi connectivity index (χ3v) is 5.22. The van der Waals surface area contributed by atoms with E-state index in [4.69, 9.17) is 9.47 Å². The number of pyridine rings is 1. The minimum absolute atomic E-state index is 0.113.